The number of aliphatic carboxylic acids is 1. The molecular formula is C18H22O3S2. The summed E-state index contributed by atoms with van der Waals surface area (Å²) >= 11 is 3.52. The van der Waals surface area contributed by atoms with Crippen molar-refractivity contribution in [1.29, 1.82) is 0 Å². The third-order valence-corrected chi connectivity index (χ3v) is 5.82. The van der Waals surface area contributed by atoms with Crippen molar-refractivity contribution < 1.29 is 14.7 Å². The van der Waals surface area contributed by atoms with Gasteiger partial charge in [0, 0.05) is 37.9 Å². The first-order valence-corrected chi connectivity index (χ1v) is 9.48. The number of carboxylic acid groups (broad SMARTS) is 1. The summed E-state index contributed by atoms with van der Waals surface area (Å²) in [5.74, 6) is -0.362. The van der Waals surface area contributed by atoms with Crippen LogP contribution in [0.4, 0.5) is 0 Å². The minimum Gasteiger partial charge on any atom is -0.481 e. The van der Waals surface area contributed by atoms with Crippen LogP contribution >= 0.6 is 22.7 Å². The molecule has 1 aliphatic rings. The molecule has 2 aromatic heterocycles. The average molecular weight is 351 g/mol. The molecule has 0 saturated heterocycles. The van der Waals surface area contributed by atoms with Crippen LogP contribution < -0.4 is 0 Å². The highest BCUT2D eigenvalue weighted by Gasteiger charge is 2.18. The van der Waals surface area contributed by atoms with Gasteiger partial charge in [-0.3, -0.25) is 9.59 Å². The predicted molar refractivity (Wildman–Crippen MR) is 96.0 cm³/mol. The number of carbonyl (C=O) groups is 2. The van der Waals surface area contributed by atoms with Crippen molar-refractivity contribution in [2.24, 2.45) is 0 Å². The molecule has 0 radical (unpaired) electrons. The number of ketones is 1. The first-order valence-electron chi connectivity index (χ1n) is 7.85. The van der Waals surface area contributed by atoms with Crippen LogP contribution in [-0.4, -0.2) is 16.9 Å². The first-order chi connectivity index (χ1) is 11.0. The minimum atomic E-state index is -0.705. The number of aryl methyl sites for hydroxylation is 4. The number of fused-ring (bicyclic) bond motifs is 1. The van der Waals surface area contributed by atoms with Gasteiger partial charge in [-0.1, -0.05) is 0 Å². The number of Topliss-reactive ketones (excluding diaryl/α,β-unsaturated/α-hetero) is 1. The Morgan fingerprint density at radius 1 is 1.17 bits per heavy atom. The van der Waals surface area contributed by atoms with Crippen molar-refractivity contribution in [1.82, 2.24) is 0 Å². The smallest absolute Gasteiger partial charge is 0.303 e. The van der Waals surface area contributed by atoms with E-state index in [4.69, 9.17) is 5.11 Å². The van der Waals surface area contributed by atoms with Gasteiger partial charge in [-0.15, -0.1) is 22.7 Å². The summed E-state index contributed by atoms with van der Waals surface area (Å²) in [4.78, 5) is 26.7. The molecule has 3 nitrogen and oxygen atoms in total. The molecule has 0 atom stereocenters. The zero-order valence-electron chi connectivity index (χ0n) is 13.6. The molecule has 1 N–H and O–H groups in total. The standard InChI is InChI=1S/C9H12O2S.C9H10OS/c1-7-5-6-8(12-7)3-2-4-9(10)11;1-6-5-7-8(10)3-2-4-9(7)11-6/h5-6H,2-4H2,1H3,(H,10,11);5H,2-4H2,1H3. The summed E-state index contributed by atoms with van der Waals surface area (Å²) in [6.07, 6.45) is 4.82. The number of hydrogen-bond donors (Lipinski definition) is 1. The lowest BCUT2D eigenvalue weighted by Gasteiger charge is -2.07. The molecule has 23 heavy (non-hydrogen) atoms. The largest absolute Gasteiger partial charge is 0.481 e. The van der Waals surface area contributed by atoms with Gasteiger partial charge in [0.25, 0.3) is 0 Å². The number of carboxylic acids is 1. The number of thiophene rings is 2. The molecule has 0 aromatic carbocycles. The molecule has 5 heteroatoms. The fourth-order valence-corrected chi connectivity index (χ4v) is 4.59. The molecule has 0 aliphatic heterocycles. The van der Waals surface area contributed by atoms with Crippen LogP contribution in [0.15, 0.2) is 18.2 Å². The Labute approximate surface area is 145 Å². The Hall–Kier alpha value is -1.46. The van der Waals surface area contributed by atoms with Crippen LogP contribution in [0.1, 0.15) is 55.5 Å². The topological polar surface area (TPSA) is 54.4 Å². The summed E-state index contributed by atoms with van der Waals surface area (Å²) in [5, 5.41) is 8.40. The highest BCUT2D eigenvalue weighted by Crippen LogP contribution is 2.28. The highest BCUT2D eigenvalue weighted by atomic mass is 32.1. The summed E-state index contributed by atoms with van der Waals surface area (Å²) in [5.41, 5.74) is 0.999. The van der Waals surface area contributed by atoms with Gasteiger partial charge in [0.1, 0.15) is 0 Å². The van der Waals surface area contributed by atoms with E-state index in [0.717, 1.165) is 37.7 Å². The Morgan fingerprint density at radius 2 is 1.96 bits per heavy atom. The molecule has 3 rings (SSSR count). The molecule has 0 amide bonds. The molecule has 0 fully saturated rings. The van der Waals surface area contributed by atoms with Gasteiger partial charge >= 0.3 is 5.97 Å². The first kappa shape index (κ1) is 17.9. The molecule has 1 aliphatic carbocycles. The molecule has 0 saturated carbocycles. The molecular weight excluding hydrogens is 328 g/mol. The van der Waals surface area contributed by atoms with Crippen LogP contribution in [0.3, 0.4) is 0 Å². The van der Waals surface area contributed by atoms with Crippen LogP contribution in [0, 0.1) is 13.8 Å². The second-order valence-electron chi connectivity index (χ2n) is 5.73. The zero-order valence-corrected chi connectivity index (χ0v) is 15.2. The van der Waals surface area contributed by atoms with E-state index in [9.17, 15) is 9.59 Å². The van der Waals surface area contributed by atoms with Crippen molar-refractivity contribution in [2.45, 2.75) is 52.4 Å². The van der Waals surface area contributed by atoms with Gasteiger partial charge in [0.05, 0.1) is 0 Å². The second kappa shape index (κ2) is 8.41. The summed E-state index contributed by atoms with van der Waals surface area (Å²) in [6, 6.07) is 6.17. The van der Waals surface area contributed by atoms with E-state index in [0.29, 0.717) is 5.78 Å². The fraction of sp³-hybridized carbons (Fsp3) is 0.444. The molecule has 124 valence electrons. The quantitative estimate of drug-likeness (QED) is 0.840. The fourth-order valence-electron chi connectivity index (χ4n) is 2.56. The van der Waals surface area contributed by atoms with Crippen molar-refractivity contribution in [2.75, 3.05) is 0 Å². The third-order valence-electron chi connectivity index (χ3n) is 3.65. The Balaban J connectivity index is 0.000000167. The van der Waals surface area contributed by atoms with Crippen LogP contribution in [-0.2, 0) is 17.6 Å². The number of carbonyl (C=O) groups excluding carboxylic acids is 1. The molecule has 0 spiro atoms. The van der Waals surface area contributed by atoms with Crippen LogP contribution in [0.5, 0.6) is 0 Å². The van der Waals surface area contributed by atoms with E-state index in [1.54, 1.807) is 22.7 Å². The zero-order chi connectivity index (χ0) is 16.8. The molecule has 0 unspecified atom stereocenters. The van der Waals surface area contributed by atoms with Crippen molar-refractivity contribution in [3.8, 4) is 0 Å². The lowest BCUT2D eigenvalue weighted by Crippen LogP contribution is -2.06. The second-order valence-corrected chi connectivity index (χ2v) is 8.44. The Bertz CT molecular complexity index is 682. The normalized spacial score (nSPS) is 13.2. The van der Waals surface area contributed by atoms with Gasteiger partial charge in [-0.25, -0.2) is 0 Å². The van der Waals surface area contributed by atoms with Gasteiger partial charge < -0.3 is 5.11 Å². The summed E-state index contributed by atoms with van der Waals surface area (Å²) in [6.45, 7) is 4.13. The average Bonchev–Trinajstić information content (AvgIpc) is 3.05. The van der Waals surface area contributed by atoms with Crippen LogP contribution in [0.2, 0.25) is 0 Å². The monoisotopic (exact) mass is 350 g/mol. The third kappa shape index (κ3) is 5.59. The Kier molecular flexibility index (Phi) is 6.54. The van der Waals surface area contributed by atoms with Gasteiger partial charge in [-0.2, -0.15) is 0 Å². The lowest BCUT2D eigenvalue weighted by atomic mass is 9.98. The van der Waals surface area contributed by atoms with E-state index in [2.05, 4.69) is 26.0 Å². The van der Waals surface area contributed by atoms with Crippen molar-refractivity contribution in [3.63, 3.8) is 0 Å². The van der Waals surface area contributed by atoms with Crippen LogP contribution in [0.25, 0.3) is 0 Å². The predicted octanol–water partition coefficient (Wildman–Crippen LogP) is 5.04. The SMILES string of the molecule is Cc1cc2c(s1)CCCC2=O.Cc1ccc(CCCC(=O)O)s1. The van der Waals surface area contributed by atoms with E-state index in [1.165, 1.54) is 19.5 Å². The maximum Gasteiger partial charge on any atom is 0.303 e. The van der Waals surface area contributed by atoms with E-state index in [-0.39, 0.29) is 6.42 Å². The molecule has 2 aromatic rings. The van der Waals surface area contributed by atoms with E-state index < -0.39 is 5.97 Å². The number of hydrogen-bond acceptors (Lipinski definition) is 4. The van der Waals surface area contributed by atoms with Gasteiger partial charge in [-0.05, 0) is 57.7 Å². The van der Waals surface area contributed by atoms with Crippen molar-refractivity contribution >= 4 is 34.4 Å². The highest BCUT2D eigenvalue weighted by molar-refractivity contribution is 7.12. The van der Waals surface area contributed by atoms with Gasteiger partial charge in [0.15, 0.2) is 5.78 Å². The maximum atomic E-state index is 11.3. The minimum absolute atomic E-state index is 0.275. The number of rotatable bonds is 4. The lowest BCUT2D eigenvalue weighted by molar-refractivity contribution is -0.137. The van der Waals surface area contributed by atoms with E-state index in [1.807, 2.05) is 6.07 Å². The maximum absolute atomic E-state index is 11.3. The summed E-state index contributed by atoms with van der Waals surface area (Å²) in [7, 11) is 0. The van der Waals surface area contributed by atoms with Gasteiger partial charge in [0.2, 0.25) is 0 Å². The molecule has 0 bridgehead atoms. The molecule has 2 heterocycles. The summed E-state index contributed by atoms with van der Waals surface area (Å²) < 4.78 is 0. The Morgan fingerprint density at radius 3 is 2.57 bits per heavy atom. The van der Waals surface area contributed by atoms with E-state index >= 15 is 0 Å². The van der Waals surface area contributed by atoms with Crippen molar-refractivity contribution in [3.05, 3.63) is 43.3 Å².